The van der Waals surface area contributed by atoms with Crippen LogP contribution in [0.25, 0.3) is 0 Å². The van der Waals surface area contributed by atoms with Gasteiger partial charge in [0, 0.05) is 18.2 Å². The molecule has 1 atom stereocenters. The van der Waals surface area contributed by atoms with Gasteiger partial charge in [-0.3, -0.25) is 4.79 Å². The van der Waals surface area contributed by atoms with Gasteiger partial charge in [-0.2, -0.15) is 0 Å². The number of benzene rings is 1. The van der Waals surface area contributed by atoms with E-state index in [0.29, 0.717) is 29.4 Å². The van der Waals surface area contributed by atoms with E-state index in [1.165, 1.54) is 14.2 Å². The number of amides is 1. The van der Waals surface area contributed by atoms with Crippen molar-refractivity contribution in [3.63, 3.8) is 0 Å². The highest BCUT2D eigenvalue weighted by Crippen LogP contribution is 2.22. The molecule has 0 aliphatic carbocycles. The zero-order valence-electron chi connectivity index (χ0n) is 13.4. The van der Waals surface area contributed by atoms with Crippen LogP contribution < -0.4 is 14.8 Å². The van der Waals surface area contributed by atoms with E-state index in [1.54, 1.807) is 25.1 Å². The Hall–Kier alpha value is -1.75. The molecule has 1 aromatic rings. The third-order valence-electron chi connectivity index (χ3n) is 3.09. The molecule has 5 heteroatoms. The molecule has 0 saturated carbocycles. The normalized spacial score (nSPS) is 13.7. The van der Waals surface area contributed by atoms with Gasteiger partial charge in [-0.25, -0.2) is 0 Å². The van der Waals surface area contributed by atoms with E-state index in [-0.39, 0.29) is 12.5 Å². The van der Waals surface area contributed by atoms with Crippen LogP contribution in [0.1, 0.15) is 37.6 Å². The van der Waals surface area contributed by atoms with Crippen LogP contribution in [0, 0.1) is 5.92 Å². The molecule has 1 aromatic carbocycles. The fraction of sp³-hybridized carbons (Fsp3) is 0.562. The van der Waals surface area contributed by atoms with Gasteiger partial charge in [-0.05, 0) is 31.4 Å². The minimum absolute atomic E-state index is 0.198. The SMILES string of the molecule is COc1cc(OC)cc(C(=O)NCC(C)(O)CC(C)C)c1. The Balaban J connectivity index is 2.75. The highest BCUT2D eigenvalue weighted by atomic mass is 16.5. The molecular weight excluding hydrogens is 270 g/mol. The van der Waals surface area contributed by atoms with Gasteiger partial charge in [-0.15, -0.1) is 0 Å². The van der Waals surface area contributed by atoms with Gasteiger partial charge in [-0.1, -0.05) is 13.8 Å². The van der Waals surface area contributed by atoms with E-state index in [9.17, 15) is 9.90 Å². The lowest BCUT2D eigenvalue weighted by Gasteiger charge is -2.25. The molecule has 1 amide bonds. The lowest BCUT2D eigenvalue weighted by molar-refractivity contribution is 0.0368. The van der Waals surface area contributed by atoms with Crippen molar-refractivity contribution in [2.75, 3.05) is 20.8 Å². The van der Waals surface area contributed by atoms with Crippen molar-refractivity contribution in [2.45, 2.75) is 32.8 Å². The zero-order valence-corrected chi connectivity index (χ0v) is 13.4. The number of methoxy groups -OCH3 is 2. The molecule has 0 heterocycles. The standard InChI is InChI=1S/C16H25NO4/c1-11(2)9-16(3,19)10-17-15(18)12-6-13(20-4)8-14(7-12)21-5/h6-8,11,19H,9-10H2,1-5H3,(H,17,18). The van der Waals surface area contributed by atoms with Crippen LogP contribution in [-0.2, 0) is 0 Å². The maximum atomic E-state index is 12.2. The van der Waals surface area contributed by atoms with Gasteiger partial charge in [0.05, 0.1) is 19.8 Å². The van der Waals surface area contributed by atoms with E-state index in [2.05, 4.69) is 5.32 Å². The molecule has 5 nitrogen and oxygen atoms in total. The Morgan fingerprint density at radius 3 is 2.19 bits per heavy atom. The maximum Gasteiger partial charge on any atom is 0.251 e. The number of hydrogen-bond donors (Lipinski definition) is 2. The van der Waals surface area contributed by atoms with E-state index in [4.69, 9.17) is 9.47 Å². The van der Waals surface area contributed by atoms with Gasteiger partial charge >= 0.3 is 0 Å². The number of hydrogen-bond acceptors (Lipinski definition) is 4. The molecule has 1 unspecified atom stereocenters. The van der Waals surface area contributed by atoms with Crippen LogP contribution in [0.5, 0.6) is 11.5 Å². The number of ether oxygens (including phenoxy) is 2. The Morgan fingerprint density at radius 2 is 1.76 bits per heavy atom. The molecule has 0 spiro atoms. The molecule has 1 rings (SSSR count). The molecule has 0 aliphatic heterocycles. The molecule has 0 aromatic heterocycles. The number of rotatable bonds is 7. The van der Waals surface area contributed by atoms with E-state index >= 15 is 0 Å². The average Bonchev–Trinajstić information content (AvgIpc) is 2.42. The second-order valence-electron chi connectivity index (χ2n) is 5.88. The van der Waals surface area contributed by atoms with Crippen molar-refractivity contribution in [2.24, 2.45) is 5.92 Å². The fourth-order valence-corrected chi connectivity index (χ4v) is 2.26. The predicted octanol–water partition coefficient (Wildman–Crippen LogP) is 2.23. The van der Waals surface area contributed by atoms with Crippen molar-refractivity contribution < 1.29 is 19.4 Å². The van der Waals surface area contributed by atoms with Crippen LogP contribution in [0.3, 0.4) is 0 Å². The highest BCUT2D eigenvalue weighted by molar-refractivity contribution is 5.95. The van der Waals surface area contributed by atoms with Gasteiger partial charge in [0.25, 0.3) is 5.91 Å². The third kappa shape index (κ3) is 5.63. The van der Waals surface area contributed by atoms with Gasteiger partial charge in [0.1, 0.15) is 11.5 Å². The summed E-state index contributed by atoms with van der Waals surface area (Å²) in [6.45, 7) is 5.98. The van der Waals surface area contributed by atoms with Crippen molar-refractivity contribution >= 4 is 5.91 Å². The fourth-order valence-electron chi connectivity index (χ4n) is 2.26. The molecule has 21 heavy (non-hydrogen) atoms. The summed E-state index contributed by atoms with van der Waals surface area (Å²) >= 11 is 0. The lowest BCUT2D eigenvalue weighted by atomic mass is 9.94. The summed E-state index contributed by atoms with van der Waals surface area (Å²) in [4.78, 5) is 12.2. The zero-order chi connectivity index (χ0) is 16.0. The quantitative estimate of drug-likeness (QED) is 0.809. The lowest BCUT2D eigenvalue weighted by Crippen LogP contribution is -2.41. The molecule has 0 fully saturated rings. The van der Waals surface area contributed by atoms with E-state index < -0.39 is 5.60 Å². The summed E-state index contributed by atoms with van der Waals surface area (Å²) in [6, 6.07) is 4.97. The summed E-state index contributed by atoms with van der Waals surface area (Å²) in [5, 5.41) is 13.0. The number of carbonyl (C=O) groups excluding carboxylic acids is 1. The van der Waals surface area contributed by atoms with Crippen LogP contribution in [0.15, 0.2) is 18.2 Å². The largest absolute Gasteiger partial charge is 0.497 e. The topological polar surface area (TPSA) is 67.8 Å². The minimum atomic E-state index is -0.924. The molecule has 0 saturated heterocycles. The maximum absolute atomic E-state index is 12.2. The number of aliphatic hydroxyl groups is 1. The summed E-state index contributed by atoms with van der Waals surface area (Å²) in [5.74, 6) is 1.19. The monoisotopic (exact) mass is 295 g/mol. The Morgan fingerprint density at radius 1 is 1.24 bits per heavy atom. The summed E-state index contributed by atoms with van der Waals surface area (Å²) in [5.41, 5.74) is -0.487. The Kier molecular flexibility index (Phi) is 6.03. The van der Waals surface area contributed by atoms with E-state index in [0.717, 1.165) is 0 Å². The van der Waals surface area contributed by atoms with Crippen LogP contribution in [0.4, 0.5) is 0 Å². The van der Waals surface area contributed by atoms with Gasteiger partial charge < -0.3 is 19.9 Å². The van der Waals surface area contributed by atoms with Gasteiger partial charge in [0.15, 0.2) is 0 Å². The third-order valence-corrected chi connectivity index (χ3v) is 3.09. The van der Waals surface area contributed by atoms with Crippen molar-refractivity contribution in [1.82, 2.24) is 5.32 Å². The first-order chi connectivity index (χ1) is 9.77. The highest BCUT2D eigenvalue weighted by Gasteiger charge is 2.23. The average molecular weight is 295 g/mol. The second-order valence-corrected chi connectivity index (χ2v) is 5.88. The van der Waals surface area contributed by atoms with Crippen LogP contribution in [0.2, 0.25) is 0 Å². The van der Waals surface area contributed by atoms with Crippen molar-refractivity contribution in [3.8, 4) is 11.5 Å². The Bertz CT molecular complexity index is 461. The predicted molar refractivity (Wildman–Crippen MR) is 82.0 cm³/mol. The van der Waals surface area contributed by atoms with Crippen LogP contribution >= 0.6 is 0 Å². The molecule has 0 radical (unpaired) electrons. The molecule has 2 N–H and O–H groups in total. The molecule has 0 bridgehead atoms. The summed E-state index contributed by atoms with van der Waals surface area (Å²) in [7, 11) is 3.06. The minimum Gasteiger partial charge on any atom is -0.497 e. The number of carbonyl (C=O) groups is 1. The van der Waals surface area contributed by atoms with Crippen LogP contribution in [-0.4, -0.2) is 37.4 Å². The molecular formula is C16H25NO4. The number of nitrogens with one attached hydrogen (secondary N) is 1. The molecule has 0 aliphatic rings. The smallest absolute Gasteiger partial charge is 0.251 e. The van der Waals surface area contributed by atoms with Crippen molar-refractivity contribution in [3.05, 3.63) is 23.8 Å². The first-order valence-electron chi connectivity index (χ1n) is 7.01. The van der Waals surface area contributed by atoms with Gasteiger partial charge in [0.2, 0.25) is 0 Å². The Labute approximate surface area is 126 Å². The molecule has 118 valence electrons. The first-order valence-corrected chi connectivity index (χ1v) is 7.01. The van der Waals surface area contributed by atoms with E-state index in [1.807, 2.05) is 13.8 Å². The summed E-state index contributed by atoms with van der Waals surface area (Å²) in [6.07, 6.45) is 0.620. The van der Waals surface area contributed by atoms with Crippen molar-refractivity contribution in [1.29, 1.82) is 0 Å². The summed E-state index contributed by atoms with van der Waals surface area (Å²) < 4.78 is 10.3. The second kappa shape index (κ2) is 7.31. The first kappa shape index (κ1) is 17.3.